The summed E-state index contributed by atoms with van der Waals surface area (Å²) in [4.78, 5) is 0. The van der Waals surface area contributed by atoms with Crippen LogP contribution in [0.1, 0.15) is 44.2 Å². The topological polar surface area (TPSA) is 96.0 Å². The van der Waals surface area contributed by atoms with Crippen LogP contribution in [0, 0.1) is 30.6 Å². The van der Waals surface area contributed by atoms with E-state index in [9.17, 15) is 8.42 Å². The van der Waals surface area contributed by atoms with E-state index in [1.54, 1.807) is 20.8 Å². The molecule has 1 N–H and O–H groups in total. The van der Waals surface area contributed by atoms with Crippen LogP contribution in [0.2, 0.25) is 0 Å². The van der Waals surface area contributed by atoms with E-state index in [1.807, 2.05) is 19.9 Å². The van der Waals surface area contributed by atoms with Crippen LogP contribution in [0.3, 0.4) is 0 Å². The molecule has 0 aromatic carbocycles. The van der Waals surface area contributed by atoms with Crippen molar-refractivity contribution in [2.75, 3.05) is 5.75 Å². The van der Waals surface area contributed by atoms with Gasteiger partial charge in [-0.2, -0.15) is 5.26 Å². The van der Waals surface area contributed by atoms with Gasteiger partial charge in [0.25, 0.3) is 0 Å². The molecule has 1 aromatic rings. The van der Waals surface area contributed by atoms with Gasteiger partial charge in [-0.25, -0.2) is 13.1 Å². The van der Waals surface area contributed by atoms with Crippen molar-refractivity contribution in [3.63, 3.8) is 0 Å². The molecule has 0 bridgehead atoms. The van der Waals surface area contributed by atoms with Gasteiger partial charge in [0.2, 0.25) is 10.0 Å². The van der Waals surface area contributed by atoms with Crippen LogP contribution in [-0.2, 0) is 16.4 Å². The summed E-state index contributed by atoms with van der Waals surface area (Å²) in [5, 5.41) is 12.6. The monoisotopic (exact) mass is 313 g/mol. The van der Waals surface area contributed by atoms with Gasteiger partial charge in [-0.05, 0) is 32.6 Å². The minimum Gasteiger partial charge on any atom is -0.361 e. The van der Waals surface area contributed by atoms with Crippen LogP contribution >= 0.6 is 0 Å². The third-order valence-electron chi connectivity index (χ3n) is 3.21. The minimum atomic E-state index is -3.44. The zero-order valence-electron chi connectivity index (χ0n) is 13.2. The average molecular weight is 313 g/mol. The predicted octanol–water partition coefficient (Wildman–Crippen LogP) is 2.08. The van der Waals surface area contributed by atoms with Crippen LogP contribution < -0.4 is 4.72 Å². The van der Waals surface area contributed by atoms with Crippen molar-refractivity contribution < 1.29 is 12.9 Å². The molecule has 1 atom stereocenters. The Balaban J connectivity index is 2.70. The lowest BCUT2D eigenvalue weighted by Crippen LogP contribution is -2.39. The number of nitriles is 1. The van der Waals surface area contributed by atoms with Crippen LogP contribution in [0.15, 0.2) is 4.52 Å². The number of nitrogens with zero attached hydrogens (tertiary/aromatic N) is 2. The molecule has 1 unspecified atom stereocenters. The predicted molar refractivity (Wildman–Crippen MR) is 80.1 cm³/mol. The van der Waals surface area contributed by atoms with Gasteiger partial charge in [-0.15, -0.1) is 0 Å². The molecule has 0 amide bonds. The van der Waals surface area contributed by atoms with Gasteiger partial charge >= 0.3 is 0 Å². The molecule has 0 aliphatic heterocycles. The highest BCUT2D eigenvalue weighted by Gasteiger charge is 2.27. The Morgan fingerprint density at radius 1 is 1.43 bits per heavy atom. The Morgan fingerprint density at radius 2 is 2.05 bits per heavy atom. The molecule has 0 saturated heterocycles. The van der Waals surface area contributed by atoms with E-state index in [0.717, 1.165) is 11.3 Å². The molecule has 118 valence electrons. The molecule has 1 aromatic heterocycles. The zero-order valence-corrected chi connectivity index (χ0v) is 14.0. The molecule has 0 saturated carbocycles. The number of hydrogen-bond acceptors (Lipinski definition) is 5. The van der Waals surface area contributed by atoms with Gasteiger partial charge in [-0.1, -0.05) is 19.0 Å². The van der Waals surface area contributed by atoms with Crippen LogP contribution in [-0.4, -0.2) is 25.4 Å². The van der Waals surface area contributed by atoms with E-state index in [4.69, 9.17) is 9.78 Å². The number of aryl methyl sites for hydroxylation is 2. The fraction of sp³-hybridized carbons (Fsp3) is 0.714. The summed E-state index contributed by atoms with van der Waals surface area (Å²) in [5.74, 6) is 0.642. The fourth-order valence-corrected chi connectivity index (χ4v) is 4.18. The van der Waals surface area contributed by atoms with Crippen LogP contribution in [0.5, 0.6) is 0 Å². The quantitative estimate of drug-likeness (QED) is 0.831. The smallest absolute Gasteiger partial charge is 0.212 e. The summed E-state index contributed by atoms with van der Waals surface area (Å²) >= 11 is 0. The molecule has 0 aliphatic rings. The van der Waals surface area contributed by atoms with Gasteiger partial charge in [-0.3, -0.25) is 0 Å². The van der Waals surface area contributed by atoms with Gasteiger partial charge in [0, 0.05) is 18.0 Å². The fourth-order valence-electron chi connectivity index (χ4n) is 2.27. The number of hydrogen-bond donors (Lipinski definition) is 1. The number of sulfonamides is 1. The Bertz CT molecular complexity index is 607. The molecule has 1 heterocycles. The molecule has 0 fully saturated rings. The molecule has 1 rings (SSSR count). The summed E-state index contributed by atoms with van der Waals surface area (Å²) in [6.07, 6.45) is 0.727. The maximum Gasteiger partial charge on any atom is 0.212 e. The first-order valence-corrected chi connectivity index (χ1v) is 8.50. The van der Waals surface area contributed by atoms with Crippen LogP contribution in [0.25, 0.3) is 0 Å². The molecule has 0 aliphatic carbocycles. The lowest BCUT2D eigenvalue weighted by atomic mass is 9.93. The first-order chi connectivity index (χ1) is 9.56. The number of nitrogens with one attached hydrogen (secondary N) is 1. The van der Waals surface area contributed by atoms with Crippen molar-refractivity contribution in [3.05, 3.63) is 17.0 Å². The lowest BCUT2D eigenvalue weighted by Gasteiger charge is -2.22. The Kier molecular flexibility index (Phi) is 5.54. The highest BCUT2D eigenvalue weighted by molar-refractivity contribution is 7.89. The maximum absolute atomic E-state index is 12.2. The standard InChI is InChI=1S/C14H23N3O3S/c1-10(8-13-11(2)16-20-12(13)3)17-21(18,19)9-14(4,5)6-7-15/h10,17H,6,8-9H2,1-5H3. The Hall–Kier alpha value is -1.39. The van der Waals surface area contributed by atoms with Crippen molar-refractivity contribution in [3.8, 4) is 6.07 Å². The molecular formula is C14H23N3O3S. The Morgan fingerprint density at radius 3 is 2.52 bits per heavy atom. The van der Waals surface area contributed by atoms with E-state index in [0.29, 0.717) is 12.2 Å². The Labute approximate surface area is 126 Å². The SMILES string of the molecule is Cc1noc(C)c1CC(C)NS(=O)(=O)CC(C)(C)CC#N. The van der Waals surface area contributed by atoms with Gasteiger partial charge < -0.3 is 4.52 Å². The molecule has 0 radical (unpaired) electrons. The van der Waals surface area contributed by atoms with E-state index < -0.39 is 15.4 Å². The normalized spacial score (nSPS) is 13.9. The molecule has 21 heavy (non-hydrogen) atoms. The van der Waals surface area contributed by atoms with Gasteiger partial charge in [0.1, 0.15) is 5.76 Å². The highest BCUT2D eigenvalue weighted by Crippen LogP contribution is 2.22. The second kappa shape index (κ2) is 6.58. The first kappa shape index (κ1) is 17.7. The van der Waals surface area contributed by atoms with E-state index >= 15 is 0 Å². The minimum absolute atomic E-state index is 0.0699. The summed E-state index contributed by atoms with van der Waals surface area (Å²) < 4.78 is 32.1. The zero-order chi connectivity index (χ0) is 16.3. The summed E-state index contributed by atoms with van der Waals surface area (Å²) in [7, 11) is -3.44. The number of rotatable bonds is 7. The van der Waals surface area contributed by atoms with E-state index in [1.165, 1.54) is 0 Å². The van der Waals surface area contributed by atoms with Crippen molar-refractivity contribution in [1.82, 2.24) is 9.88 Å². The third-order valence-corrected chi connectivity index (χ3v) is 5.13. The largest absolute Gasteiger partial charge is 0.361 e. The van der Waals surface area contributed by atoms with E-state index in [2.05, 4.69) is 9.88 Å². The van der Waals surface area contributed by atoms with E-state index in [-0.39, 0.29) is 18.2 Å². The second-order valence-electron chi connectivity index (χ2n) is 6.28. The second-order valence-corrected chi connectivity index (χ2v) is 8.04. The molecular weight excluding hydrogens is 290 g/mol. The van der Waals surface area contributed by atoms with Crippen LogP contribution in [0.4, 0.5) is 0 Å². The van der Waals surface area contributed by atoms with Gasteiger partial charge in [0.15, 0.2) is 0 Å². The molecule has 6 nitrogen and oxygen atoms in total. The van der Waals surface area contributed by atoms with Crippen molar-refractivity contribution in [1.29, 1.82) is 5.26 Å². The summed E-state index contributed by atoms with van der Waals surface area (Å²) in [5.41, 5.74) is 1.15. The molecule has 0 spiro atoms. The van der Waals surface area contributed by atoms with Crippen molar-refractivity contribution in [2.45, 2.75) is 53.5 Å². The average Bonchev–Trinajstić information content (AvgIpc) is 2.58. The van der Waals surface area contributed by atoms with Crippen molar-refractivity contribution in [2.24, 2.45) is 5.41 Å². The van der Waals surface area contributed by atoms with Crippen molar-refractivity contribution >= 4 is 10.0 Å². The lowest BCUT2D eigenvalue weighted by molar-refractivity contribution is 0.391. The summed E-state index contributed by atoms with van der Waals surface area (Å²) in [6.45, 7) is 9.00. The highest BCUT2D eigenvalue weighted by atomic mass is 32.2. The third kappa shape index (κ3) is 5.48. The molecule has 7 heteroatoms. The van der Waals surface area contributed by atoms with Gasteiger partial charge in [0.05, 0.1) is 17.5 Å². The first-order valence-electron chi connectivity index (χ1n) is 6.85. The maximum atomic E-state index is 12.2. The summed E-state index contributed by atoms with van der Waals surface area (Å²) in [6, 6.07) is 1.76. The number of aromatic nitrogens is 1.